The number of rotatable bonds is 8. The number of benzene rings is 2. The second-order valence-electron chi connectivity index (χ2n) is 6.02. The molecule has 0 saturated carbocycles. The van der Waals surface area contributed by atoms with Crippen molar-refractivity contribution in [1.29, 1.82) is 0 Å². The lowest BCUT2D eigenvalue weighted by atomic mass is 10.2. The quantitative estimate of drug-likeness (QED) is 0.665. The van der Waals surface area contributed by atoms with Gasteiger partial charge in [0.05, 0.1) is 17.6 Å². The second-order valence-corrected chi connectivity index (χ2v) is 8.17. The highest BCUT2D eigenvalue weighted by Gasteiger charge is 2.18. The number of nitrogens with zero attached hydrogens (tertiary/aromatic N) is 1. The maximum absolute atomic E-state index is 12.0. The molecule has 0 unspecified atom stereocenters. The lowest BCUT2D eigenvalue weighted by molar-refractivity contribution is -0.124. The number of esters is 1. The smallest absolute Gasteiger partial charge is 0.338 e. The van der Waals surface area contributed by atoms with Crippen LogP contribution in [-0.4, -0.2) is 52.4 Å². The van der Waals surface area contributed by atoms with Crippen LogP contribution in [0.4, 0.5) is 0 Å². The van der Waals surface area contributed by atoms with Gasteiger partial charge in [0.15, 0.2) is 6.61 Å². The van der Waals surface area contributed by atoms with Crippen LogP contribution in [-0.2, 0) is 26.1 Å². The molecule has 0 saturated heterocycles. The molecule has 2 aromatic carbocycles. The van der Waals surface area contributed by atoms with Crippen molar-refractivity contribution in [1.82, 2.24) is 9.62 Å². The highest BCUT2D eigenvalue weighted by molar-refractivity contribution is 7.89. The van der Waals surface area contributed by atoms with Crippen LogP contribution in [0.15, 0.2) is 53.4 Å². The highest BCUT2D eigenvalue weighted by Crippen LogP contribution is 2.15. The average Bonchev–Trinajstić information content (AvgIpc) is 2.70. The van der Waals surface area contributed by atoms with Gasteiger partial charge in [-0.1, -0.05) is 12.1 Å². The van der Waals surface area contributed by atoms with Crippen LogP contribution in [0.1, 0.15) is 15.9 Å². The van der Waals surface area contributed by atoms with E-state index in [1.54, 1.807) is 25.3 Å². The Morgan fingerprint density at radius 3 is 2.36 bits per heavy atom. The van der Waals surface area contributed by atoms with Crippen molar-refractivity contribution < 1.29 is 27.5 Å². The fourth-order valence-corrected chi connectivity index (χ4v) is 3.12. The molecule has 8 nitrogen and oxygen atoms in total. The number of carbonyl (C=O) groups is 2. The third kappa shape index (κ3) is 5.54. The van der Waals surface area contributed by atoms with Gasteiger partial charge in [-0.3, -0.25) is 4.79 Å². The van der Waals surface area contributed by atoms with Gasteiger partial charge in [0.1, 0.15) is 5.75 Å². The standard InChI is InChI=1S/C19H22N2O6S/c1-21(2)28(24,25)17-9-7-15(8-10-17)19(23)27-13-18(22)20-12-14-5-4-6-16(11-14)26-3/h4-11H,12-13H2,1-3H3,(H,20,22). The zero-order valence-corrected chi connectivity index (χ0v) is 16.7. The van der Waals surface area contributed by atoms with E-state index in [0.29, 0.717) is 5.75 Å². The van der Waals surface area contributed by atoms with Crippen LogP contribution in [0, 0.1) is 0 Å². The van der Waals surface area contributed by atoms with Crippen molar-refractivity contribution in [2.45, 2.75) is 11.4 Å². The first-order valence-corrected chi connectivity index (χ1v) is 9.77. The van der Waals surface area contributed by atoms with Gasteiger partial charge in [-0.05, 0) is 42.0 Å². The van der Waals surface area contributed by atoms with Crippen LogP contribution in [0.2, 0.25) is 0 Å². The zero-order valence-electron chi connectivity index (χ0n) is 15.8. The van der Waals surface area contributed by atoms with Gasteiger partial charge in [0.2, 0.25) is 10.0 Å². The molecule has 0 aliphatic carbocycles. The highest BCUT2D eigenvalue weighted by atomic mass is 32.2. The Bertz CT molecular complexity index is 939. The first-order chi connectivity index (χ1) is 13.2. The van der Waals surface area contributed by atoms with E-state index < -0.39 is 28.5 Å². The molecular weight excluding hydrogens is 384 g/mol. The summed E-state index contributed by atoms with van der Waals surface area (Å²) in [6.07, 6.45) is 0. The second kappa shape index (κ2) is 9.34. The lowest BCUT2D eigenvalue weighted by Crippen LogP contribution is -2.28. The number of nitrogens with one attached hydrogen (secondary N) is 1. The number of methoxy groups -OCH3 is 1. The van der Waals surface area contributed by atoms with Gasteiger partial charge in [-0.15, -0.1) is 0 Å². The summed E-state index contributed by atoms with van der Waals surface area (Å²) in [4.78, 5) is 23.9. The molecule has 0 heterocycles. The normalized spacial score (nSPS) is 11.1. The van der Waals surface area contributed by atoms with Crippen molar-refractivity contribution in [2.75, 3.05) is 27.8 Å². The van der Waals surface area contributed by atoms with Crippen LogP contribution in [0.3, 0.4) is 0 Å². The number of hydrogen-bond donors (Lipinski definition) is 1. The molecule has 1 N–H and O–H groups in total. The van der Waals surface area contributed by atoms with E-state index in [-0.39, 0.29) is 17.0 Å². The summed E-state index contributed by atoms with van der Waals surface area (Å²) in [5, 5.41) is 2.64. The Labute approximate surface area is 164 Å². The first kappa shape index (κ1) is 21.4. The SMILES string of the molecule is COc1cccc(CNC(=O)COC(=O)c2ccc(S(=O)(=O)N(C)C)cc2)c1. The molecule has 0 radical (unpaired) electrons. The third-order valence-electron chi connectivity index (χ3n) is 3.83. The van der Waals surface area contributed by atoms with Crippen LogP contribution in [0.5, 0.6) is 5.75 Å². The summed E-state index contributed by atoms with van der Waals surface area (Å²) in [6, 6.07) is 12.5. The van der Waals surface area contributed by atoms with Gasteiger partial charge in [0.25, 0.3) is 5.91 Å². The molecule has 0 bridgehead atoms. The molecule has 0 atom stereocenters. The van der Waals surface area contributed by atoms with E-state index in [1.165, 1.54) is 38.4 Å². The molecular formula is C19H22N2O6S. The molecule has 0 fully saturated rings. The van der Waals surface area contributed by atoms with Gasteiger partial charge >= 0.3 is 5.97 Å². The van der Waals surface area contributed by atoms with Gasteiger partial charge in [-0.2, -0.15) is 0 Å². The summed E-state index contributed by atoms with van der Waals surface area (Å²) < 4.78 is 35.2. The summed E-state index contributed by atoms with van der Waals surface area (Å²) in [5.41, 5.74) is 0.995. The summed E-state index contributed by atoms with van der Waals surface area (Å²) in [5.74, 6) is -0.494. The van der Waals surface area contributed by atoms with Crippen LogP contribution in [0.25, 0.3) is 0 Å². The fraction of sp³-hybridized carbons (Fsp3) is 0.263. The molecule has 0 aromatic heterocycles. The largest absolute Gasteiger partial charge is 0.497 e. The van der Waals surface area contributed by atoms with E-state index in [0.717, 1.165) is 9.87 Å². The predicted octanol–water partition coefficient (Wildman–Crippen LogP) is 1.42. The van der Waals surface area contributed by atoms with Crippen molar-refractivity contribution >= 4 is 21.9 Å². The Kier molecular flexibility index (Phi) is 7.13. The minimum atomic E-state index is -3.58. The molecule has 9 heteroatoms. The number of hydrogen-bond acceptors (Lipinski definition) is 6. The van der Waals surface area contributed by atoms with Gasteiger partial charge in [0, 0.05) is 20.6 Å². The maximum atomic E-state index is 12.0. The summed E-state index contributed by atoms with van der Waals surface area (Å²) in [6.45, 7) is -0.175. The van der Waals surface area contributed by atoms with E-state index in [4.69, 9.17) is 9.47 Å². The van der Waals surface area contributed by atoms with Crippen molar-refractivity contribution in [2.24, 2.45) is 0 Å². The van der Waals surface area contributed by atoms with E-state index >= 15 is 0 Å². The minimum Gasteiger partial charge on any atom is -0.497 e. The predicted molar refractivity (Wildman–Crippen MR) is 102 cm³/mol. The Morgan fingerprint density at radius 2 is 1.75 bits per heavy atom. The maximum Gasteiger partial charge on any atom is 0.338 e. The van der Waals surface area contributed by atoms with E-state index in [1.807, 2.05) is 6.07 Å². The minimum absolute atomic E-state index is 0.0603. The van der Waals surface area contributed by atoms with Gasteiger partial charge < -0.3 is 14.8 Å². The molecule has 28 heavy (non-hydrogen) atoms. The molecule has 0 spiro atoms. The third-order valence-corrected chi connectivity index (χ3v) is 5.66. The summed E-state index contributed by atoms with van der Waals surface area (Å²) >= 11 is 0. The molecule has 150 valence electrons. The monoisotopic (exact) mass is 406 g/mol. The molecule has 2 rings (SSSR count). The number of sulfonamides is 1. The Hall–Kier alpha value is -2.91. The van der Waals surface area contributed by atoms with Crippen LogP contribution < -0.4 is 10.1 Å². The van der Waals surface area contributed by atoms with Gasteiger partial charge in [-0.25, -0.2) is 17.5 Å². The van der Waals surface area contributed by atoms with Crippen molar-refractivity contribution in [3.8, 4) is 5.75 Å². The Morgan fingerprint density at radius 1 is 1.07 bits per heavy atom. The molecule has 0 aliphatic rings. The first-order valence-electron chi connectivity index (χ1n) is 8.33. The number of amides is 1. The van der Waals surface area contributed by atoms with E-state index in [9.17, 15) is 18.0 Å². The molecule has 2 aromatic rings. The Balaban J connectivity index is 1.86. The number of carbonyl (C=O) groups excluding carboxylic acids is 2. The summed E-state index contributed by atoms with van der Waals surface area (Å²) in [7, 11) is 0.816. The average molecular weight is 406 g/mol. The fourth-order valence-electron chi connectivity index (χ4n) is 2.22. The molecule has 0 aliphatic heterocycles. The topological polar surface area (TPSA) is 102 Å². The zero-order chi connectivity index (χ0) is 20.7. The molecule has 1 amide bonds. The number of ether oxygens (including phenoxy) is 2. The van der Waals surface area contributed by atoms with Crippen molar-refractivity contribution in [3.63, 3.8) is 0 Å². The van der Waals surface area contributed by atoms with Crippen LogP contribution >= 0.6 is 0 Å². The van der Waals surface area contributed by atoms with E-state index in [2.05, 4.69) is 5.32 Å². The lowest BCUT2D eigenvalue weighted by Gasteiger charge is -2.11. The van der Waals surface area contributed by atoms with Crippen molar-refractivity contribution in [3.05, 3.63) is 59.7 Å².